The Balaban J connectivity index is 1.31. The number of rotatable bonds is 5. The maximum atomic E-state index is 12.3. The van der Waals surface area contributed by atoms with Crippen LogP contribution in [0.1, 0.15) is 16.2 Å². The lowest BCUT2D eigenvalue weighted by Gasteiger charge is -2.34. The second kappa shape index (κ2) is 8.58. The highest BCUT2D eigenvalue weighted by Crippen LogP contribution is 2.15. The van der Waals surface area contributed by atoms with Crippen molar-refractivity contribution in [2.24, 2.45) is 0 Å². The number of nitrogens with zero attached hydrogens (tertiary/aromatic N) is 5. The number of pyridine rings is 1. The topological polar surface area (TPSA) is 74.2 Å². The van der Waals surface area contributed by atoms with E-state index in [9.17, 15) is 4.79 Å². The lowest BCUT2D eigenvalue weighted by atomic mass is 10.2. The molecular formula is C21H22N6O. The van der Waals surface area contributed by atoms with Crippen LogP contribution >= 0.6 is 0 Å². The van der Waals surface area contributed by atoms with Crippen molar-refractivity contribution < 1.29 is 4.79 Å². The maximum Gasteiger partial charge on any atom is 0.276 e. The third kappa shape index (κ3) is 4.50. The van der Waals surface area contributed by atoms with Gasteiger partial charge in [-0.15, -0.1) is 10.2 Å². The van der Waals surface area contributed by atoms with E-state index in [4.69, 9.17) is 0 Å². The summed E-state index contributed by atoms with van der Waals surface area (Å²) in [7, 11) is 0. The standard InChI is InChI=1S/C21H22N6O/c28-21(23-17-6-2-1-3-7-17)19-9-10-20(25-24-19)27-14-12-26(13-15-27)16-18-8-4-5-11-22-18/h1-11H,12-16H2,(H,23,28). The first-order valence-corrected chi connectivity index (χ1v) is 9.35. The Bertz CT molecular complexity index is 893. The summed E-state index contributed by atoms with van der Waals surface area (Å²) >= 11 is 0. The van der Waals surface area contributed by atoms with E-state index in [0.717, 1.165) is 49.9 Å². The highest BCUT2D eigenvalue weighted by molar-refractivity contribution is 6.02. The molecule has 0 bridgehead atoms. The maximum absolute atomic E-state index is 12.3. The van der Waals surface area contributed by atoms with Gasteiger partial charge in [-0.25, -0.2) is 0 Å². The number of para-hydroxylation sites is 1. The number of anilines is 2. The van der Waals surface area contributed by atoms with Crippen LogP contribution in [0.5, 0.6) is 0 Å². The first-order valence-electron chi connectivity index (χ1n) is 9.35. The molecule has 4 rings (SSSR count). The molecule has 7 heteroatoms. The molecule has 0 unspecified atom stereocenters. The van der Waals surface area contributed by atoms with Crippen LogP contribution in [-0.4, -0.2) is 52.2 Å². The molecule has 0 atom stereocenters. The number of aromatic nitrogens is 3. The van der Waals surface area contributed by atoms with Gasteiger partial charge in [-0.1, -0.05) is 24.3 Å². The minimum atomic E-state index is -0.259. The van der Waals surface area contributed by atoms with E-state index in [1.54, 1.807) is 6.07 Å². The van der Waals surface area contributed by atoms with Gasteiger partial charge in [0, 0.05) is 44.6 Å². The molecule has 0 saturated carbocycles. The van der Waals surface area contributed by atoms with Crippen LogP contribution in [0, 0.1) is 0 Å². The van der Waals surface area contributed by atoms with Gasteiger partial charge in [-0.2, -0.15) is 0 Å². The van der Waals surface area contributed by atoms with Crippen LogP contribution in [0.15, 0.2) is 66.9 Å². The van der Waals surface area contributed by atoms with Crippen LogP contribution in [0.2, 0.25) is 0 Å². The summed E-state index contributed by atoms with van der Waals surface area (Å²) in [4.78, 5) is 21.2. The quantitative estimate of drug-likeness (QED) is 0.739. The Hall–Kier alpha value is -3.32. The Morgan fingerprint density at radius 3 is 2.36 bits per heavy atom. The number of carbonyl (C=O) groups excluding carboxylic acids is 1. The minimum Gasteiger partial charge on any atom is -0.353 e. The van der Waals surface area contributed by atoms with Crippen molar-refractivity contribution in [3.05, 3.63) is 78.2 Å². The molecule has 28 heavy (non-hydrogen) atoms. The lowest BCUT2D eigenvalue weighted by Crippen LogP contribution is -2.46. The van der Waals surface area contributed by atoms with Gasteiger partial charge >= 0.3 is 0 Å². The zero-order valence-electron chi connectivity index (χ0n) is 15.5. The number of hydrogen-bond acceptors (Lipinski definition) is 6. The van der Waals surface area contributed by atoms with Gasteiger partial charge in [-0.05, 0) is 36.4 Å². The monoisotopic (exact) mass is 374 g/mol. The van der Waals surface area contributed by atoms with E-state index >= 15 is 0 Å². The van der Waals surface area contributed by atoms with Crippen LogP contribution < -0.4 is 10.2 Å². The predicted molar refractivity (Wildman–Crippen MR) is 108 cm³/mol. The summed E-state index contributed by atoms with van der Waals surface area (Å²) in [6.07, 6.45) is 1.83. The molecule has 3 heterocycles. The number of hydrogen-bond donors (Lipinski definition) is 1. The fourth-order valence-electron chi connectivity index (χ4n) is 3.19. The Kier molecular flexibility index (Phi) is 5.53. The highest BCUT2D eigenvalue weighted by Gasteiger charge is 2.19. The van der Waals surface area contributed by atoms with E-state index in [1.807, 2.05) is 54.7 Å². The van der Waals surface area contributed by atoms with Gasteiger partial charge in [0.15, 0.2) is 11.5 Å². The number of piperazine rings is 1. The van der Waals surface area contributed by atoms with Crippen LogP contribution in [-0.2, 0) is 6.54 Å². The minimum absolute atomic E-state index is 0.259. The fraction of sp³-hybridized carbons (Fsp3) is 0.238. The Labute approximate surface area is 164 Å². The Morgan fingerprint density at radius 2 is 1.68 bits per heavy atom. The molecule has 1 fully saturated rings. The first kappa shape index (κ1) is 18.1. The molecule has 0 radical (unpaired) electrons. The molecule has 142 valence electrons. The summed E-state index contributed by atoms with van der Waals surface area (Å²) in [5.74, 6) is 0.541. The highest BCUT2D eigenvalue weighted by atomic mass is 16.1. The van der Waals surface area contributed by atoms with Gasteiger partial charge < -0.3 is 10.2 Å². The summed E-state index contributed by atoms with van der Waals surface area (Å²) in [6.45, 7) is 4.48. The largest absolute Gasteiger partial charge is 0.353 e. The average molecular weight is 374 g/mol. The van der Waals surface area contributed by atoms with Gasteiger partial charge in [-0.3, -0.25) is 14.7 Å². The van der Waals surface area contributed by atoms with E-state index in [-0.39, 0.29) is 5.91 Å². The van der Waals surface area contributed by atoms with E-state index in [1.165, 1.54) is 0 Å². The van der Waals surface area contributed by atoms with Gasteiger partial charge in [0.1, 0.15) is 0 Å². The molecule has 7 nitrogen and oxygen atoms in total. The number of benzene rings is 1. The van der Waals surface area contributed by atoms with Crippen molar-refractivity contribution in [2.45, 2.75) is 6.54 Å². The second-order valence-electron chi connectivity index (χ2n) is 6.68. The van der Waals surface area contributed by atoms with Crippen LogP contribution in [0.4, 0.5) is 11.5 Å². The molecule has 0 spiro atoms. The van der Waals surface area contributed by atoms with Crippen molar-refractivity contribution in [3.8, 4) is 0 Å². The zero-order valence-corrected chi connectivity index (χ0v) is 15.5. The van der Waals surface area contributed by atoms with Crippen LogP contribution in [0.25, 0.3) is 0 Å². The van der Waals surface area contributed by atoms with Crippen molar-refractivity contribution in [3.63, 3.8) is 0 Å². The molecule has 0 aliphatic carbocycles. The summed E-state index contributed by atoms with van der Waals surface area (Å²) < 4.78 is 0. The van der Waals surface area contributed by atoms with Crippen molar-refractivity contribution in [1.29, 1.82) is 0 Å². The van der Waals surface area contributed by atoms with Crippen molar-refractivity contribution >= 4 is 17.4 Å². The van der Waals surface area contributed by atoms with Crippen molar-refractivity contribution in [1.82, 2.24) is 20.1 Å². The second-order valence-corrected chi connectivity index (χ2v) is 6.68. The first-order chi connectivity index (χ1) is 13.8. The van der Waals surface area contributed by atoms with Gasteiger partial charge in [0.2, 0.25) is 0 Å². The molecule has 1 aliphatic heterocycles. The average Bonchev–Trinajstić information content (AvgIpc) is 2.76. The van der Waals surface area contributed by atoms with E-state index in [0.29, 0.717) is 5.69 Å². The van der Waals surface area contributed by atoms with Crippen molar-refractivity contribution in [2.75, 3.05) is 36.4 Å². The van der Waals surface area contributed by atoms with E-state index in [2.05, 4.69) is 36.4 Å². The normalized spacial score (nSPS) is 14.6. The summed E-state index contributed by atoms with van der Waals surface area (Å²) in [5.41, 5.74) is 2.13. The third-order valence-electron chi connectivity index (χ3n) is 4.72. The molecule has 1 N–H and O–H groups in total. The molecule has 3 aromatic rings. The fourth-order valence-corrected chi connectivity index (χ4v) is 3.19. The third-order valence-corrected chi connectivity index (χ3v) is 4.72. The number of carbonyl (C=O) groups is 1. The lowest BCUT2D eigenvalue weighted by molar-refractivity contribution is 0.102. The summed E-state index contributed by atoms with van der Waals surface area (Å²) in [6, 6.07) is 18.9. The molecule has 2 aromatic heterocycles. The SMILES string of the molecule is O=C(Nc1ccccc1)c1ccc(N2CCN(Cc3ccccn3)CC2)nn1. The predicted octanol–water partition coefficient (Wildman–Crippen LogP) is 2.45. The van der Waals surface area contributed by atoms with Gasteiger partial charge in [0.25, 0.3) is 5.91 Å². The molecule has 1 amide bonds. The Morgan fingerprint density at radius 1 is 0.893 bits per heavy atom. The number of amides is 1. The van der Waals surface area contributed by atoms with Crippen LogP contribution in [0.3, 0.4) is 0 Å². The smallest absolute Gasteiger partial charge is 0.276 e. The molecule has 1 saturated heterocycles. The molecule has 1 aliphatic rings. The van der Waals surface area contributed by atoms with Gasteiger partial charge in [0.05, 0.1) is 5.69 Å². The molecule has 1 aromatic carbocycles. The van der Waals surface area contributed by atoms with E-state index < -0.39 is 0 Å². The zero-order chi connectivity index (χ0) is 19.2. The molecular weight excluding hydrogens is 352 g/mol. The number of nitrogens with one attached hydrogen (secondary N) is 1. The summed E-state index contributed by atoms with van der Waals surface area (Å²) in [5, 5.41) is 11.2.